The van der Waals surface area contributed by atoms with Gasteiger partial charge in [-0.2, -0.15) is 18.3 Å². The molecule has 0 unspecified atom stereocenters. The lowest BCUT2D eigenvalue weighted by molar-refractivity contribution is -0.141. The first-order chi connectivity index (χ1) is 10.8. The van der Waals surface area contributed by atoms with Gasteiger partial charge in [-0.05, 0) is 6.92 Å². The third-order valence-electron chi connectivity index (χ3n) is 2.88. The van der Waals surface area contributed by atoms with Crippen molar-refractivity contribution in [1.29, 1.82) is 0 Å². The molecule has 3 heterocycles. The predicted octanol–water partition coefficient (Wildman–Crippen LogP) is 1.84. The quantitative estimate of drug-likeness (QED) is 0.785. The number of hydrogen-bond donors (Lipinski definition) is 1. The number of aromatic nitrogens is 5. The monoisotopic (exact) mass is 342 g/mol. The van der Waals surface area contributed by atoms with Crippen molar-refractivity contribution in [2.75, 3.05) is 0 Å². The molecule has 0 bridgehead atoms. The largest absolute Gasteiger partial charge is 0.433 e. The van der Waals surface area contributed by atoms with E-state index in [0.29, 0.717) is 16.7 Å². The van der Waals surface area contributed by atoms with Crippen LogP contribution in [0.25, 0.3) is 4.96 Å². The number of fused-ring (bicyclic) bond motifs is 1. The van der Waals surface area contributed by atoms with E-state index in [4.69, 9.17) is 0 Å². The highest BCUT2D eigenvalue weighted by Gasteiger charge is 2.34. The Morgan fingerprint density at radius 1 is 1.39 bits per heavy atom. The fourth-order valence-electron chi connectivity index (χ4n) is 1.89. The maximum atomic E-state index is 12.7. The summed E-state index contributed by atoms with van der Waals surface area (Å²) in [5, 5.41) is 8.24. The molecule has 0 atom stereocenters. The molecule has 3 aromatic rings. The molecular weight excluding hydrogens is 333 g/mol. The van der Waals surface area contributed by atoms with Crippen molar-refractivity contribution in [3.05, 3.63) is 40.7 Å². The van der Waals surface area contributed by atoms with E-state index in [9.17, 15) is 18.0 Å². The highest BCUT2D eigenvalue weighted by molar-refractivity contribution is 7.15. The maximum Gasteiger partial charge on any atom is 0.433 e. The van der Waals surface area contributed by atoms with E-state index < -0.39 is 17.8 Å². The summed E-state index contributed by atoms with van der Waals surface area (Å²) >= 11 is 1.34. The first-order valence-corrected chi connectivity index (χ1v) is 7.20. The van der Waals surface area contributed by atoms with Gasteiger partial charge in [0, 0.05) is 11.4 Å². The first-order valence-electron chi connectivity index (χ1n) is 6.32. The van der Waals surface area contributed by atoms with Crippen LogP contribution in [0.2, 0.25) is 0 Å². The van der Waals surface area contributed by atoms with Crippen LogP contribution in [0.3, 0.4) is 0 Å². The first kappa shape index (κ1) is 15.3. The molecule has 7 nitrogen and oxygen atoms in total. The van der Waals surface area contributed by atoms with Crippen molar-refractivity contribution in [1.82, 2.24) is 29.9 Å². The second-order valence-corrected chi connectivity index (χ2v) is 5.38. The maximum absolute atomic E-state index is 12.7. The molecule has 0 aliphatic heterocycles. The number of halogens is 3. The van der Waals surface area contributed by atoms with Crippen LogP contribution in [0.4, 0.5) is 13.2 Å². The SMILES string of the molecule is Cc1nc(C(=O)NCc2csc3ncnn23)cc(C(F)(F)F)n1. The summed E-state index contributed by atoms with van der Waals surface area (Å²) in [5.41, 5.74) is -0.822. The number of rotatable bonds is 3. The minimum atomic E-state index is -4.64. The molecule has 0 aromatic carbocycles. The van der Waals surface area contributed by atoms with E-state index in [1.807, 2.05) is 0 Å². The molecule has 3 rings (SSSR count). The topological polar surface area (TPSA) is 85.1 Å². The summed E-state index contributed by atoms with van der Waals surface area (Å²) in [5.74, 6) is -0.848. The number of amides is 1. The van der Waals surface area contributed by atoms with E-state index in [-0.39, 0.29) is 18.1 Å². The van der Waals surface area contributed by atoms with E-state index in [0.717, 1.165) is 0 Å². The minimum Gasteiger partial charge on any atom is -0.345 e. The van der Waals surface area contributed by atoms with Crippen LogP contribution in [0, 0.1) is 6.92 Å². The molecule has 120 valence electrons. The van der Waals surface area contributed by atoms with Crippen molar-refractivity contribution in [3.8, 4) is 0 Å². The fraction of sp³-hybridized carbons (Fsp3) is 0.250. The smallest absolute Gasteiger partial charge is 0.345 e. The van der Waals surface area contributed by atoms with Gasteiger partial charge in [0.1, 0.15) is 23.5 Å². The average molecular weight is 342 g/mol. The number of hydrogen-bond acceptors (Lipinski definition) is 6. The summed E-state index contributed by atoms with van der Waals surface area (Å²) in [6.45, 7) is 1.39. The van der Waals surface area contributed by atoms with Crippen molar-refractivity contribution in [2.45, 2.75) is 19.6 Å². The Morgan fingerprint density at radius 3 is 2.91 bits per heavy atom. The molecule has 0 aliphatic carbocycles. The normalized spacial score (nSPS) is 11.8. The van der Waals surface area contributed by atoms with Gasteiger partial charge in [-0.15, -0.1) is 11.3 Å². The highest BCUT2D eigenvalue weighted by atomic mass is 32.1. The Kier molecular flexibility index (Phi) is 3.72. The van der Waals surface area contributed by atoms with Gasteiger partial charge in [-0.25, -0.2) is 19.5 Å². The summed E-state index contributed by atoms with van der Waals surface area (Å²) in [4.78, 5) is 23.7. The number of carbonyl (C=O) groups excluding carboxylic acids is 1. The zero-order chi connectivity index (χ0) is 16.6. The molecular formula is C12H9F3N6OS. The van der Waals surface area contributed by atoms with E-state index in [2.05, 4.69) is 25.4 Å². The number of alkyl halides is 3. The third-order valence-corrected chi connectivity index (χ3v) is 3.76. The Morgan fingerprint density at radius 2 is 2.17 bits per heavy atom. The van der Waals surface area contributed by atoms with Crippen molar-refractivity contribution in [3.63, 3.8) is 0 Å². The Bertz CT molecular complexity index is 871. The number of aryl methyl sites for hydroxylation is 1. The van der Waals surface area contributed by atoms with Crippen LogP contribution in [0.1, 0.15) is 27.7 Å². The Hall–Kier alpha value is -2.56. The van der Waals surface area contributed by atoms with Crippen molar-refractivity contribution >= 4 is 22.2 Å². The zero-order valence-electron chi connectivity index (χ0n) is 11.6. The second-order valence-electron chi connectivity index (χ2n) is 4.55. The van der Waals surface area contributed by atoms with E-state index >= 15 is 0 Å². The van der Waals surface area contributed by atoms with Gasteiger partial charge < -0.3 is 5.32 Å². The molecule has 1 amide bonds. The van der Waals surface area contributed by atoms with Crippen LogP contribution < -0.4 is 5.32 Å². The van der Waals surface area contributed by atoms with Gasteiger partial charge >= 0.3 is 6.18 Å². The number of nitrogens with zero attached hydrogens (tertiary/aromatic N) is 5. The molecule has 0 radical (unpaired) electrons. The second kappa shape index (κ2) is 5.57. The van der Waals surface area contributed by atoms with E-state index in [1.165, 1.54) is 29.1 Å². The number of nitrogens with one attached hydrogen (secondary N) is 1. The molecule has 0 spiro atoms. The van der Waals surface area contributed by atoms with Crippen LogP contribution in [0.15, 0.2) is 17.8 Å². The van der Waals surface area contributed by atoms with Crippen LogP contribution in [-0.2, 0) is 12.7 Å². The molecule has 3 aromatic heterocycles. The molecule has 23 heavy (non-hydrogen) atoms. The minimum absolute atomic E-state index is 0.0899. The van der Waals surface area contributed by atoms with Crippen molar-refractivity contribution < 1.29 is 18.0 Å². The predicted molar refractivity (Wildman–Crippen MR) is 73.8 cm³/mol. The van der Waals surface area contributed by atoms with Gasteiger partial charge in [0.15, 0.2) is 0 Å². The van der Waals surface area contributed by atoms with Gasteiger partial charge in [0.2, 0.25) is 4.96 Å². The van der Waals surface area contributed by atoms with Crippen LogP contribution in [-0.4, -0.2) is 30.5 Å². The van der Waals surface area contributed by atoms with Crippen LogP contribution in [0.5, 0.6) is 0 Å². The van der Waals surface area contributed by atoms with Crippen molar-refractivity contribution in [2.24, 2.45) is 0 Å². The summed E-state index contributed by atoms with van der Waals surface area (Å²) in [7, 11) is 0. The van der Waals surface area contributed by atoms with Gasteiger partial charge in [0.25, 0.3) is 5.91 Å². The lowest BCUT2D eigenvalue weighted by Crippen LogP contribution is -2.26. The van der Waals surface area contributed by atoms with Crippen LogP contribution >= 0.6 is 11.3 Å². The van der Waals surface area contributed by atoms with Gasteiger partial charge in [0.05, 0.1) is 12.2 Å². The zero-order valence-corrected chi connectivity index (χ0v) is 12.4. The molecule has 0 fully saturated rings. The molecule has 11 heteroatoms. The van der Waals surface area contributed by atoms with E-state index in [1.54, 1.807) is 5.38 Å². The van der Waals surface area contributed by atoms with Gasteiger partial charge in [-0.1, -0.05) is 0 Å². The fourth-order valence-corrected chi connectivity index (χ4v) is 2.68. The molecule has 0 aliphatic rings. The Labute approximate surface area is 131 Å². The van der Waals surface area contributed by atoms with Gasteiger partial charge in [-0.3, -0.25) is 4.79 Å². The molecule has 1 N–H and O–H groups in total. The summed E-state index contributed by atoms with van der Waals surface area (Å²) < 4.78 is 39.7. The Balaban J connectivity index is 1.78. The summed E-state index contributed by atoms with van der Waals surface area (Å²) in [6.07, 6.45) is -3.26. The molecule has 0 saturated heterocycles. The lowest BCUT2D eigenvalue weighted by atomic mass is 10.3. The summed E-state index contributed by atoms with van der Waals surface area (Å²) in [6, 6.07) is 0.626. The molecule has 0 saturated carbocycles. The lowest BCUT2D eigenvalue weighted by Gasteiger charge is -2.09. The highest BCUT2D eigenvalue weighted by Crippen LogP contribution is 2.27. The number of thiazole rings is 1. The standard InChI is InChI=1S/C12H9F3N6OS/c1-6-19-8(2-9(20-6)12(13,14)15)10(22)16-3-7-4-23-11-17-5-18-21(7)11/h2,4-5H,3H2,1H3,(H,16,22). The number of carbonyl (C=O) groups is 1. The average Bonchev–Trinajstić information content (AvgIpc) is 3.06. The third kappa shape index (κ3) is 3.13.